The van der Waals surface area contributed by atoms with E-state index in [2.05, 4.69) is 11.4 Å². The predicted molar refractivity (Wildman–Crippen MR) is 112 cm³/mol. The highest BCUT2D eigenvalue weighted by atomic mass is 32.1. The molecule has 29 heavy (non-hydrogen) atoms. The molecule has 2 aromatic carbocycles. The summed E-state index contributed by atoms with van der Waals surface area (Å²) in [5, 5.41) is 22.9. The van der Waals surface area contributed by atoms with Gasteiger partial charge in [0.05, 0.1) is 18.2 Å². The van der Waals surface area contributed by atoms with Gasteiger partial charge in [0.25, 0.3) is 5.91 Å². The van der Waals surface area contributed by atoms with Crippen LogP contribution in [0.4, 0.5) is 0 Å². The maximum absolute atomic E-state index is 12.3. The zero-order valence-electron chi connectivity index (χ0n) is 15.5. The van der Waals surface area contributed by atoms with Crippen molar-refractivity contribution in [3.8, 4) is 17.9 Å². The molecule has 0 unspecified atom stereocenters. The monoisotopic (exact) mass is 399 g/mol. The Hall–Kier alpha value is -3.87. The lowest BCUT2D eigenvalue weighted by molar-refractivity contribution is -0.117. The number of nitrogens with zero attached hydrogens (tertiary/aromatic N) is 2. The molecular weight excluding hydrogens is 382 g/mol. The van der Waals surface area contributed by atoms with Crippen LogP contribution in [-0.4, -0.2) is 5.91 Å². The van der Waals surface area contributed by atoms with E-state index < -0.39 is 5.91 Å². The zero-order chi connectivity index (χ0) is 20.5. The first-order valence-corrected chi connectivity index (χ1v) is 9.70. The van der Waals surface area contributed by atoms with E-state index in [1.807, 2.05) is 41.8 Å². The molecule has 5 nitrogen and oxygen atoms in total. The lowest BCUT2D eigenvalue weighted by Crippen LogP contribution is -2.23. The molecule has 3 rings (SSSR count). The van der Waals surface area contributed by atoms with Crippen molar-refractivity contribution >= 4 is 23.3 Å². The van der Waals surface area contributed by atoms with Crippen molar-refractivity contribution in [1.82, 2.24) is 5.32 Å². The Morgan fingerprint density at radius 3 is 2.62 bits per heavy atom. The SMILES string of the molecule is N#C/C(=C\c1cccc(OCc2ccc(C#N)cc2)c1)C(=O)NCc1cccs1. The van der Waals surface area contributed by atoms with Crippen LogP contribution in [-0.2, 0) is 17.9 Å². The smallest absolute Gasteiger partial charge is 0.262 e. The van der Waals surface area contributed by atoms with E-state index >= 15 is 0 Å². The van der Waals surface area contributed by atoms with E-state index in [9.17, 15) is 10.1 Å². The summed E-state index contributed by atoms with van der Waals surface area (Å²) in [6, 6.07) is 22.2. The number of benzene rings is 2. The molecule has 0 saturated heterocycles. The van der Waals surface area contributed by atoms with E-state index in [0.717, 1.165) is 10.4 Å². The van der Waals surface area contributed by atoms with E-state index in [-0.39, 0.29) is 5.57 Å². The normalized spacial score (nSPS) is 10.6. The summed E-state index contributed by atoms with van der Waals surface area (Å²) in [5.74, 6) is 0.212. The maximum atomic E-state index is 12.3. The molecule has 0 fully saturated rings. The Balaban J connectivity index is 1.64. The molecule has 1 amide bonds. The first kappa shape index (κ1) is 19.9. The molecule has 0 aliphatic heterocycles. The summed E-state index contributed by atoms with van der Waals surface area (Å²) in [4.78, 5) is 13.3. The van der Waals surface area contributed by atoms with E-state index in [4.69, 9.17) is 10.00 Å². The molecule has 0 spiro atoms. The van der Waals surface area contributed by atoms with Gasteiger partial charge in [-0.15, -0.1) is 11.3 Å². The molecule has 3 aromatic rings. The van der Waals surface area contributed by atoms with Crippen molar-refractivity contribution in [3.63, 3.8) is 0 Å². The highest BCUT2D eigenvalue weighted by Crippen LogP contribution is 2.18. The molecule has 6 heteroatoms. The summed E-state index contributed by atoms with van der Waals surface area (Å²) in [6.07, 6.45) is 1.54. The van der Waals surface area contributed by atoms with Crippen LogP contribution in [0.1, 0.15) is 21.6 Å². The molecule has 0 aliphatic rings. The largest absolute Gasteiger partial charge is 0.489 e. The third kappa shape index (κ3) is 5.80. The molecule has 142 valence electrons. The molecule has 0 aliphatic carbocycles. The van der Waals surface area contributed by atoms with Gasteiger partial charge in [-0.25, -0.2) is 0 Å². The van der Waals surface area contributed by atoms with Crippen molar-refractivity contribution in [1.29, 1.82) is 10.5 Å². The van der Waals surface area contributed by atoms with Crippen LogP contribution >= 0.6 is 11.3 Å². The molecule has 1 heterocycles. The molecule has 0 atom stereocenters. The van der Waals surface area contributed by atoms with Gasteiger partial charge in [-0.3, -0.25) is 4.79 Å². The second-order valence-corrected chi connectivity index (χ2v) is 7.13. The van der Waals surface area contributed by atoms with E-state index in [0.29, 0.717) is 30.0 Å². The Bertz CT molecular complexity index is 1090. The lowest BCUT2D eigenvalue weighted by atomic mass is 10.1. The number of carbonyl (C=O) groups is 1. The van der Waals surface area contributed by atoms with Crippen molar-refractivity contribution in [2.75, 3.05) is 0 Å². The average Bonchev–Trinajstić information content (AvgIpc) is 3.29. The van der Waals surface area contributed by atoms with Crippen LogP contribution in [0, 0.1) is 22.7 Å². The number of hydrogen-bond donors (Lipinski definition) is 1. The standard InChI is InChI=1S/C23H17N3O2S/c24-13-17-6-8-18(9-7-17)16-28-21-4-1-3-19(12-21)11-20(14-25)23(27)26-15-22-5-2-10-29-22/h1-12H,15-16H2,(H,26,27)/b20-11+. The zero-order valence-corrected chi connectivity index (χ0v) is 16.3. The fourth-order valence-electron chi connectivity index (χ4n) is 2.53. The van der Waals surface area contributed by atoms with Crippen LogP contribution in [0.25, 0.3) is 6.08 Å². The minimum absolute atomic E-state index is 0.0331. The van der Waals surface area contributed by atoms with Gasteiger partial charge in [-0.05, 0) is 52.9 Å². The summed E-state index contributed by atoms with van der Waals surface area (Å²) >= 11 is 1.55. The van der Waals surface area contributed by atoms with Crippen molar-refractivity contribution in [3.05, 3.63) is 93.2 Å². The third-order valence-corrected chi connectivity index (χ3v) is 4.90. The highest BCUT2D eigenvalue weighted by molar-refractivity contribution is 7.09. The van der Waals surface area contributed by atoms with Gasteiger partial charge in [-0.2, -0.15) is 10.5 Å². The summed E-state index contributed by atoms with van der Waals surface area (Å²) in [6.45, 7) is 0.745. The number of nitriles is 2. The van der Waals surface area contributed by atoms with Crippen molar-refractivity contribution in [2.45, 2.75) is 13.2 Å². The Morgan fingerprint density at radius 1 is 1.10 bits per heavy atom. The number of hydrogen-bond acceptors (Lipinski definition) is 5. The summed E-state index contributed by atoms with van der Waals surface area (Å²) in [5.41, 5.74) is 2.27. The van der Waals surface area contributed by atoms with Crippen molar-refractivity contribution < 1.29 is 9.53 Å². The first-order valence-electron chi connectivity index (χ1n) is 8.82. The maximum Gasteiger partial charge on any atom is 0.262 e. The van der Waals surface area contributed by atoms with Gasteiger partial charge in [0, 0.05) is 4.88 Å². The first-order chi connectivity index (χ1) is 14.2. The fraction of sp³-hybridized carbons (Fsp3) is 0.0870. The number of rotatable bonds is 7. The Labute approximate surface area is 173 Å². The average molecular weight is 399 g/mol. The van der Waals surface area contributed by atoms with Crippen LogP contribution in [0.5, 0.6) is 5.75 Å². The Kier molecular flexibility index (Phi) is 6.78. The fourth-order valence-corrected chi connectivity index (χ4v) is 3.17. The van der Waals surface area contributed by atoms with Gasteiger partial charge >= 0.3 is 0 Å². The van der Waals surface area contributed by atoms with Crippen LogP contribution < -0.4 is 10.1 Å². The molecule has 0 radical (unpaired) electrons. The second-order valence-electron chi connectivity index (χ2n) is 6.10. The van der Waals surface area contributed by atoms with Gasteiger partial charge in [-0.1, -0.05) is 30.3 Å². The minimum Gasteiger partial charge on any atom is -0.489 e. The number of nitrogens with one attached hydrogen (secondary N) is 1. The van der Waals surface area contributed by atoms with E-state index in [1.165, 1.54) is 0 Å². The highest BCUT2D eigenvalue weighted by Gasteiger charge is 2.09. The number of ether oxygens (including phenoxy) is 1. The van der Waals surface area contributed by atoms with Crippen molar-refractivity contribution in [2.24, 2.45) is 0 Å². The summed E-state index contributed by atoms with van der Waals surface area (Å²) in [7, 11) is 0. The Morgan fingerprint density at radius 2 is 1.93 bits per heavy atom. The molecule has 0 saturated carbocycles. The topological polar surface area (TPSA) is 85.9 Å². The van der Waals surface area contributed by atoms with E-state index in [1.54, 1.807) is 47.7 Å². The minimum atomic E-state index is -0.412. The number of carbonyl (C=O) groups excluding carboxylic acids is 1. The number of thiophene rings is 1. The predicted octanol–water partition coefficient (Wildman–Crippen LogP) is 4.42. The van der Waals surface area contributed by atoms with Crippen LogP contribution in [0.2, 0.25) is 0 Å². The lowest BCUT2D eigenvalue weighted by Gasteiger charge is -2.07. The summed E-state index contributed by atoms with van der Waals surface area (Å²) < 4.78 is 5.78. The van der Waals surface area contributed by atoms with Crippen LogP contribution in [0.15, 0.2) is 71.6 Å². The molecular formula is C23H17N3O2S. The van der Waals surface area contributed by atoms with Gasteiger partial charge in [0.1, 0.15) is 24.0 Å². The van der Waals surface area contributed by atoms with Gasteiger partial charge in [0.15, 0.2) is 0 Å². The second kappa shape index (κ2) is 9.89. The third-order valence-electron chi connectivity index (χ3n) is 4.03. The van der Waals surface area contributed by atoms with Crippen LogP contribution in [0.3, 0.4) is 0 Å². The van der Waals surface area contributed by atoms with Gasteiger partial charge in [0.2, 0.25) is 0 Å². The molecule has 1 aromatic heterocycles. The quantitative estimate of drug-likeness (QED) is 0.471. The number of amides is 1. The van der Waals surface area contributed by atoms with Gasteiger partial charge < -0.3 is 10.1 Å². The molecule has 1 N–H and O–H groups in total. The molecule has 0 bridgehead atoms.